The smallest absolute Gasteiger partial charge is 0.323 e. The van der Waals surface area contributed by atoms with Crippen molar-refractivity contribution in [3.05, 3.63) is 35.4 Å². The van der Waals surface area contributed by atoms with Gasteiger partial charge in [-0.1, -0.05) is 12.1 Å². The van der Waals surface area contributed by atoms with Crippen LogP contribution in [0.25, 0.3) is 0 Å². The number of morpholine rings is 1. The Balaban J connectivity index is 2.01. The molecule has 27 heavy (non-hydrogen) atoms. The minimum Gasteiger partial charge on any atom is -0.480 e. The van der Waals surface area contributed by atoms with Crippen LogP contribution in [0.5, 0.6) is 0 Å². The number of aliphatic carboxylic acids is 1. The van der Waals surface area contributed by atoms with E-state index in [2.05, 4.69) is 18.7 Å². The molecule has 0 unspecified atom stereocenters. The van der Waals surface area contributed by atoms with Crippen molar-refractivity contribution >= 4 is 11.9 Å². The number of ether oxygens (including phenoxy) is 1. The van der Waals surface area contributed by atoms with Crippen LogP contribution in [0.15, 0.2) is 24.3 Å². The van der Waals surface area contributed by atoms with Gasteiger partial charge in [-0.2, -0.15) is 0 Å². The third-order valence-corrected chi connectivity index (χ3v) is 4.53. The first kappa shape index (κ1) is 21.3. The van der Waals surface area contributed by atoms with Gasteiger partial charge >= 0.3 is 5.97 Å². The molecule has 1 aromatic rings. The number of rotatable bonds is 8. The van der Waals surface area contributed by atoms with Crippen molar-refractivity contribution in [1.82, 2.24) is 14.7 Å². The highest BCUT2D eigenvalue weighted by Crippen LogP contribution is 2.15. The minimum atomic E-state index is -1.01. The molecule has 1 fully saturated rings. The Labute approximate surface area is 161 Å². The summed E-state index contributed by atoms with van der Waals surface area (Å²) in [6.45, 7) is 7.45. The molecule has 1 amide bonds. The summed E-state index contributed by atoms with van der Waals surface area (Å²) in [5, 5.41) is 9.09. The first-order valence-electron chi connectivity index (χ1n) is 9.37. The summed E-state index contributed by atoms with van der Waals surface area (Å²) < 4.78 is 5.76. The number of amides is 1. The second kappa shape index (κ2) is 9.82. The molecule has 7 nitrogen and oxygen atoms in total. The Hall–Kier alpha value is -1.96. The van der Waals surface area contributed by atoms with E-state index in [0.717, 1.165) is 25.2 Å². The maximum absolute atomic E-state index is 12.7. The summed E-state index contributed by atoms with van der Waals surface area (Å²) in [5.41, 5.74) is 1.65. The van der Waals surface area contributed by atoms with Crippen LogP contribution in [-0.4, -0.2) is 90.7 Å². The molecule has 0 spiro atoms. The molecule has 0 bridgehead atoms. The van der Waals surface area contributed by atoms with Crippen LogP contribution in [0.4, 0.5) is 0 Å². The number of carbonyl (C=O) groups is 2. The molecule has 1 saturated heterocycles. The molecule has 150 valence electrons. The van der Waals surface area contributed by atoms with Crippen molar-refractivity contribution in [2.75, 3.05) is 46.8 Å². The molecule has 0 aliphatic carbocycles. The van der Waals surface area contributed by atoms with Gasteiger partial charge in [-0.25, -0.2) is 0 Å². The van der Waals surface area contributed by atoms with Crippen LogP contribution in [-0.2, 0) is 16.1 Å². The van der Waals surface area contributed by atoms with Crippen LogP contribution in [0.2, 0.25) is 0 Å². The van der Waals surface area contributed by atoms with Crippen molar-refractivity contribution in [2.45, 2.75) is 32.6 Å². The lowest BCUT2D eigenvalue weighted by Gasteiger charge is -2.35. The van der Waals surface area contributed by atoms with Crippen molar-refractivity contribution in [1.29, 1.82) is 0 Å². The molecule has 1 N–H and O–H groups in total. The van der Waals surface area contributed by atoms with Crippen molar-refractivity contribution in [2.24, 2.45) is 0 Å². The Morgan fingerprint density at radius 1 is 1.11 bits per heavy atom. The van der Waals surface area contributed by atoms with Gasteiger partial charge in [0.1, 0.15) is 6.54 Å². The van der Waals surface area contributed by atoms with Crippen LogP contribution in [0.1, 0.15) is 29.8 Å². The predicted octanol–water partition coefficient (Wildman–Crippen LogP) is 1.38. The Kier molecular flexibility index (Phi) is 7.77. The third kappa shape index (κ3) is 6.93. The summed E-state index contributed by atoms with van der Waals surface area (Å²) in [6, 6.07) is 7.47. The highest BCUT2D eigenvalue weighted by atomic mass is 16.5. The van der Waals surface area contributed by atoms with Gasteiger partial charge in [-0.05, 0) is 45.6 Å². The predicted molar refractivity (Wildman–Crippen MR) is 104 cm³/mol. The van der Waals surface area contributed by atoms with Gasteiger partial charge in [0.15, 0.2) is 0 Å². The average molecular weight is 377 g/mol. The summed E-state index contributed by atoms with van der Waals surface area (Å²) >= 11 is 0. The Morgan fingerprint density at radius 3 is 2.22 bits per heavy atom. The average Bonchev–Trinajstić information content (AvgIpc) is 2.57. The van der Waals surface area contributed by atoms with E-state index in [9.17, 15) is 9.59 Å². The molecule has 0 aromatic heterocycles. The number of hydrogen-bond acceptors (Lipinski definition) is 5. The van der Waals surface area contributed by atoms with E-state index >= 15 is 0 Å². The largest absolute Gasteiger partial charge is 0.480 e. The zero-order valence-corrected chi connectivity index (χ0v) is 16.7. The standard InChI is InChI=1S/C20H31N3O4/c1-15-11-22(12-16(2)27-15)13-17-5-7-18(8-6-17)20(26)23(14-19(24)25)10-9-21(3)4/h5-8,15-16H,9-14H2,1-4H3,(H,24,25)/t15-,16-/m1/s1. The number of carboxylic acids is 1. The van der Waals surface area contributed by atoms with Crippen LogP contribution in [0.3, 0.4) is 0 Å². The number of likely N-dealkylation sites (N-methyl/N-ethyl adjacent to an activating group) is 1. The Bertz CT molecular complexity index is 623. The number of carbonyl (C=O) groups excluding carboxylic acids is 1. The molecule has 7 heteroatoms. The van der Waals surface area contributed by atoms with Gasteiger partial charge in [0.05, 0.1) is 12.2 Å². The fraction of sp³-hybridized carbons (Fsp3) is 0.600. The van der Waals surface area contributed by atoms with E-state index < -0.39 is 5.97 Å². The summed E-state index contributed by atoms with van der Waals surface area (Å²) in [7, 11) is 3.79. The monoisotopic (exact) mass is 377 g/mol. The van der Waals surface area contributed by atoms with E-state index in [-0.39, 0.29) is 24.7 Å². The molecule has 1 aromatic carbocycles. The minimum absolute atomic E-state index is 0.218. The number of benzene rings is 1. The maximum Gasteiger partial charge on any atom is 0.323 e. The molecule has 1 aliphatic heterocycles. The van der Waals surface area contributed by atoms with Crippen LogP contribution >= 0.6 is 0 Å². The van der Waals surface area contributed by atoms with E-state index in [1.807, 2.05) is 31.1 Å². The van der Waals surface area contributed by atoms with Gasteiger partial charge in [0, 0.05) is 38.3 Å². The molecular formula is C20H31N3O4. The molecule has 0 radical (unpaired) electrons. The van der Waals surface area contributed by atoms with Gasteiger partial charge in [-0.3, -0.25) is 14.5 Å². The first-order valence-corrected chi connectivity index (χ1v) is 9.37. The molecular weight excluding hydrogens is 346 g/mol. The second-order valence-electron chi connectivity index (χ2n) is 7.57. The number of hydrogen-bond donors (Lipinski definition) is 1. The number of nitrogens with zero attached hydrogens (tertiary/aromatic N) is 3. The lowest BCUT2D eigenvalue weighted by molar-refractivity contribution is -0.137. The van der Waals surface area contributed by atoms with Gasteiger partial charge in [0.25, 0.3) is 5.91 Å². The summed E-state index contributed by atoms with van der Waals surface area (Å²) in [6.07, 6.45) is 0.437. The molecule has 1 heterocycles. The highest BCUT2D eigenvalue weighted by Gasteiger charge is 2.22. The zero-order chi connectivity index (χ0) is 20.0. The third-order valence-electron chi connectivity index (χ3n) is 4.53. The van der Waals surface area contributed by atoms with Gasteiger partial charge in [0.2, 0.25) is 0 Å². The normalized spacial score (nSPS) is 20.6. The lowest BCUT2D eigenvalue weighted by Crippen LogP contribution is -2.44. The number of carboxylic acid groups (broad SMARTS) is 1. The van der Waals surface area contributed by atoms with Gasteiger partial charge in [-0.15, -0.1) is 0 Å². The molecule has 1 aliphatic rings. The summed E-state index contributed by atoms with van der Waals surface area (Å²) in [5.74, 6) is -1.26. The van der Waals surface area contributed by atoms with Crippen LogP contribution in [0, 0.1) is 0 Å². The first-order chi connectivity index (χ1) is 12.7. The van der Waals surface area contributed by atoms with E-state index in [0.29, 0.717) is 18.7 Å². The van der Waals surface area contributed by atoms with E-state index in [1.54, 1.807) is 12.1 Å². The van der Waals surface area contributed by atoms with Crippen LogP contribution < -0.4 is 0 Å². The van der Waals surface area contributed by atoms with E-state index in [4.69, 9.17) is 9.84 Å². The van der Waals surface area contributed by atoms with Gasteiger partial charge < -0.3 is 19.6 Å². The van der Waals surface area contributed by atoms with Crippen molar-refractivity contribution in [3.8, 4) is 0 Å². The fourth-order valence-electron chi connectivity index (χ4n) is 3.34. The lowest BCUT2D eigenvalue weighted by atomic mass is 10.1. The quantitative estimate of drug-likeness (QED) is 0.738. The van der Waals surface area contributed by atoms with Crippen molar-refractivity contribution in [3.63, 3.8) is 0 Å². The molecule has 0 saturated carbocycles. The zero-order valence-electron chi connectivity index (χ0n) is 16.7. The second-order valence-corrected chi connectivity index (χ2v) is 7.57. The van der Waals surface area contributed by atoms with E-state index in [1.165, 1.54) is 4.90 Å². The highest BCUT2D eigenvalue weighted by molar-refractivity contribution is 5.95. The summed E-state index contributed by atoms with van der Waals surface area (Å²) in [4.78, 5) is 29.4. The SMILES string of the molecule is C[C@@H]1CN(Cc2ccc(C(=O)N(CCN(C)C)CC(=O)O)cc2)C[C@@H](C)O1. The molecule has 2 rings (SSSR count). The molecule has 2 atom stereocenters. The maximum atomic E-state index is 12.7. The topological polar surface area (TPSA) is 73.3 Å². The van der Waals surface area contributed by atoms with Crippen molar-refractivity contribution < 1.29 is 19.4 Å². The Morgan fingerprint density at radius 2 is 1.70 bits per heavy atom. The fourth-order valence-corrected chi connectivity index (χ4v) is 3.34.